The van der Waals surface area contributed by atoms with Crippen molar-refractivity contribution in [2.45, 2.75) is 122 Å². The first-order chi connectivity index (χ1) is 34.1. The summed E-state index contributed by atoms with van der Waals surface area (Å²) in [5, 5.41) is 17.4. The molecule has 29 heteroatoms. The molecule has 6 rings (SSSR count). The fourth-order valence-electron chi connectivity index (χ4n) is 6.26. The van der Waals surface area contributed by atoms with Gasteiger partial charge in [-0.1, -0.05) is 11.6 Å². The van der Waals surface area contributed by atoms with Crippen molar-refractivity contribution < 1.29 is 64.9 Å². The number of pyridine rings is 3. The normalized spacial score (nSPS) is 19.6. The second-order valence-electron chi connectivity index (χ2n) is 18.7. The van der Waals surface area contributed by atoms with Crippen molar-refractivity contribution in [1.29, 1.82) is 0 Å². The van der Waals surface area contributed by atoms with Gasteiger partial charge in [-0.15, -0.1) is 12.4 Å². The number of carboxylic acid groups (broad SMARTS) is 1. The second kappa shape index (κ2) is 30.9. The maximum atomic E-state index is 13.7. The Balaban J connectivity index is 0.000000492. The summed E-state index contributed by atoms with van der Waals surface area (Å²) >= 11 is 14.5. The molecule has 6 heterocycles. The Hall–Kier alpha value is -4.70. The van der Waals surface area contributed by atoms with Gasteiger partial charge in [0.15, 0.2) is 17.5 Å². The van der Waals surface area contributed by atoms with Crippen LogP contribution in [0.3, 0.4) is 0 Å². The van der Waals surface area contributed by atoms with Gasteiger partial charge in [-0.05, 0) is 145 Å². The van der Waals surface area contributed by atoms with Crippen LogP contribution in [0.25, 0.3) is 0 Å². The van der Waals surface area contributed by atoms with Crippen molar-refractivity contribution in [3.05, 3.63) is 78.4 Å². The molecule has 3 aliphatic heterocycles. The second-order valence-corrected chi connectivity index (χ2v) is 21.3. The van der Waals surface area contributed by atoms with Crippen LogP contribution in [0.15, 0.2) is 60.9 Å². The van der Waals surface area contributed by atoms with Crippen molar-refractivity contribution in [3.63, 3.8) is 0 Å². The number of nitrogens with one attached hydrogen (secondary N) is 3. The Morgan fingerprint density at radius 2 is 1.11 bits per heavy atom. The number of alkyl halides is 3. The van der Waals surface area contributed by atoms with Crippen LogP contribution in [0.5, 0.6) is 0 Å². The fraction of sp³-hybridized carbons (Fsp3) is 0.522. The zero-order valence-corrected chi connectivity index (χ0v) is 48.8. The lowest BCUT2D eigenvalue weighted by Crippen LogP contribution is -2.45. The topological polar surface area (TPSA) is 235 Å². The molecule has 0 unspecified atom stereocenters. The highest BCUT2D eigenvalue weighted by molar-refractivity contribution is 9.11. The SMILES string of the molecule is CC(C)(C)OC(=O)N1C[C@H](F)C[C@H]1C(=O)Nc1ccc(F)c(Br)n1.CC(C)(C)OC(=O)N1C[C@H](F)C[C@H]1C(=O)O.CC(C)=C(Cl)N(C)C.Cl.Nc1ccc(F)c(Br)n1.O=C(Nc1ccc(F)c(Br)n1)[C@@H]1C[C@@H](F)CN1. The molecule has 0 aliphatic carbocycles. The fourth-order valence-corrected chi connectivity index (χ4v) is 7.25. The van der Waals surface area contributed by atoms with Crippen LogP contribution in [0.4, 0.5) is 53.4 Å². The van der Waals surface area contributed by atoms with Gasteiger partial charge < -0.3 is 41.2 Å². The lowest BCUT2D eigenvalue weighted by Gasteiger charge is -2.27. The van der Waals surface area contributed by atoms with Gasteiger partial charge in [-0.2, -0.15) is 0 Å². The number of aliphatic carboxylic acids is 1. The van der Waals surface area contributed by atoms with Crippen molar-refractivity contribution >= 4 is 119 Å². The third-order valence-corrected chi connectivity index (χ3v) is 11.9. The minimum Gasteiger partial charge on any atom is -0.480 e. The number of nitrogen functional groups attached to an aromatic ring is 1. The number of allylic oxidation sites excluding steroid dienone is 1. The van der Waals surface area contributed by atoms with Crippen LogP contribution >= 0.6 is 71.8 Å². The predicted octanol–water partition coefficient (Wildman–Crippen LogP) is 10.3. The number of amides is 4. The molecule has 0 aromatic carbocycles. The number of nitrogens with two attached hydrogens (primary N) is 1. The lowest BCUT2D eigenvalue weighted by atomic mass is 10.2. The van der Waals surface area contributed by atoms with E-state index in [2.05, 4.69) is 78.7 Å². The molecule has 3 aliphatic rings. The molecule has 3 aromatic heterocycles. The molecule has 3 saturated heterocycles. The summed E-state index contributed by atoms with van der Waals surface area (Å²) in [6.07, 6.45) is -5.31. The van der Waals surface area contributed by atoms with E-state index in [1.54, 1.807) is 41.5 Å². The summed E-state index contributed by atoms with van der Waals surface area (Å²) in [5.74, 6) is -3.02. The van der Waals surface area contributed by atoms with Crippen molar-refractivity contribution in [2.75, 3.05) is 50.1 Å². The first-order valence-corrected chi connectivity index (χ1v) is 25.1. The van der Waals surface area contributed by atoms with E-state index >= 15 is 0 Å². The Bertz CT molecular complexity index is 2460. The minimum atomic E-state index is -1.32. The van der Waals surface area contributed by atoms with E-state index in [-0.39, 0.29) is 82.7 Å². The lowest BCUT2D eigenvalue weighted by molar-refractivity contribution is -0.142. The van der Waals surface area contributed by atoms with Crippen LogP contribution in [-0.2, 0) is 23.9 Å². The average molecular weight is 1310 g/mol. The van der Waals surface area contributed by atoms with Gasteiger partial charge in [0.25, 0.3) is 0 Å². The van der Waals surface area contributed by atoms with Crippen molar-refractivity contribution in [3.8, 4) is 0 Å². The van der Waals surface area contributed by atoms with Crippen LogP contribution in [0.2, 0.25) is 0 Å². The smallest absolute Gasteiger partial charge is 0.411 e. The number of hydrogen-bond acceptors (Lipinski definition) is 13. The van der Waals surface area contributed by atoms with Crippen LogP contribution in [0.1, 0.15) is 74.7 Å². The number of ether oxygens (including phenoxy) is 2. The van der Waals surface area contributed by atoms with Gasteiger partial charge in [0.05, 0.1) is 19.1 Å². The molecule has 3 fully saturated rings. The molecule has 6 atom stereocenters. The Kier molecular flexibility index (Phi) is 28.1. The van der Waals surface area contributed by atoms with E-state index < -0.39 is 89.4 Å². The summed E-state index contributed by atoms with van der Waals surface area (Å²) in [7, 11) is 3.85. The van der Waals surface area contributed by atoms with Gasteiger partial charge in [0.2, 0.25) is 11.8 Å². The first-order valence-electron chi connectivity index (χ1n) is 22.3. The van der Waals surface area contributed by atoms with Crippen LogP contribution < -0.4 is 21.7 Å². The summed E-state index contributed by atoms with van der Waals surface area (Å²) in [6, 6.07) is 4.91. The third-order valence-electron chi connectivity index (χ3n) is 9.48. The zero-order chi connectivity index (χ0) is 56.6. The number of nitrogens with zero attached hydrogens (tertiary/aromatic N) is 6. The van der Waals surface area contributed by atoms with Gasteiger partial charge in [0.1, 0.15) is 78.2 Å². The molecule has 75 heavy (non-hydrogen) atoms. The van der Waals surface area contributed by atoms with Gasteiger partial charge in [0, 0.05) is 39.9 Å². The van der Waals surface area contributed by atoms with Crippen molar-refractivity contribution in [1.82, 2.24) is 35.0 Å². The summed E-state index contributed by atoms with van der Waals surface area (Å²) < 4.78 is 88.4. The number of rotatable bonds is 6. The summed E-state index contributed by atoms with van der Waals surface area (Å²) in [6.45, 7) is 13.8. The van der Waals surface area contributed by atoms with E-state index in [9.17, 15) is 50.3 Å². The van der Waals surface area contributed by atoms with E-state index in [0.29, 0.717) is 5.82 Å². The maximum Gasteiger partial charge on any atom is 0.411 e. The molecule has 3 aromatic rings. The number of halogens is 11. The number of carboxylic acids is 1. The Morgan fingerprint density at radius 1 is 0.707 bits per heavy atom. The van der Waals surface area contributed by atoms with Crippen LogP contribution in [-0.4, -0.2) is 146 Å². The largest absolute Gasteiger partial charge is 0.480 e. The molecule has 420 valence electrons. The summed E-state index contributed by atoms with van der Waals surface area (Å²) in [5.41, 5.74) is 4.90. The highest BCUT2D eigenvalue weighted by atomic mass is 79.9. The van der Waals surface area contributed by atoms with Gasteiger partial charge in [-0.25, -0.2) is 55.7 Å². The summed E-state index contributed by atoms with van der Waals surface area (Å²) in [4.78, 5) is 73.7. The Morgan fingerprint density at radius 3 is 1.44 bits per heavy atom. The molecular formula is C46H61Br3Cl2F6N10O8. The van der Waals surface area contributed by atoms with E-state index in [1.165, 1.54) is 30.3 Å². The number of aromatic nitrogens is 3. The maximum absolute atomic E-state index is 13.7. The number of hydrogen-bond donors (Lipinski definition) is 5. The molecule has 0 radical (unpaired) electrons. The van der Waals surface area contributed by atoms with Crippen LogP contribution in [0, 0.1) is 17.5 Å². The highest BCUT2D eigenvalue weighted by Crippen LogP contribution is 2.26. The van der Waals surface area contributed by atoms with Gasteiger partial charge >= 0.3 is 18.2 Å². The zero-order valence-electron chi connectivity index (χ0n) is 42.4. The molecule has 18 nitrogen and oxygen atoms in total. The predicted molar refractivity (Wildman–Crippen MR) is 284 cm³/mol. The van der Waals surface area contributed by atoms with Crippen molar-refractivity contribution in [2.24, 2.45) is 0 Å². The highest BCUT2D eigenvalue weighted by Gasteiger charge is 2.43. The molecule has 4 amide bonds. The molecule has 0 saturated carbocycles. The van der Waals surface area contributed by atoms with E-state index in [0.717, 1.165) is 26.6 Å². The quantitative estimate of drug-likeness (QED) is 0.0878. The Labute approximate surface area is 467 Å². The van der Waals surface area contributed by atoms with E-state index in [1.807, 2.05) is 32.8 Å². The molecular weight excluding hydrogens is 1250 g/mol. The number of anilines is 3. The number of carbonyl (C=O) groups excluding carboxylic acids is 4. The molecule has 0 bridgehead atoms. The average Bonchev–Trinajstić information content (AvgIpc) is 4.02. The standard InChI is InChI=1S/C15H18BrF2N3O3.C10H10BrF2N3O.C10H16FNO4.C6H12ClN.C5H4BrFN2.ClH/c1-15(2,3)24-14(23)21-7-8(17)6-10(21)13(22)20-11-5-4-9(18)12(16)19-11;11-9-6(13)1-2-8(15-9)16-10(17)7-3-5(12)4-14-7;1-10(2,3)16-9(15)12-5-6(11)4-7(12)8(13)14;1-5(2)6(7)8(3)4;6-5-3(7)1-2-4(8)9-5;/h4-5,8,10H,6-7H2,1-3H3,(H,19,20,22);1-2,5,7,14H,3-4H2,(H,15,16,17);6-7H,4-5H2,1-3H3,(H,13,14);1-4H3;1-2H,(H2,8,9);1H/t8-,10+;5-,7+;6-,7+;;;/m111.../s1. The van der Waals surface area contributed by atoms with Gasteiger partial charge in [-0.3, -0.25) is 19.4 Å². The molecule has 6 N–H and O–H groups in total. The first kappa shape index (κ1) is 68.3. The van der Waals surface area contributed by atoms with E-state index in [4.69, 9.17) is 31.9 Å². The molecule has 0 spiro atoms. The third kappa shape index (κ3) is 24.5. The number of likely N-dealkylation sites (tertiary alicyclic amines) is 2. The monoisotopic (exact) mass is 1300 g/mol. The number of carbonyl (C=O) groups is 5. The minimum absolute atomic E-state index is 0.